The van der Waals surface area contributed by atoms with E-state index in [1.807, 2.05) is 12.3 Å². The number of carbonyl (C=O) groups is 1. The van der Waals surface area contributed by atoms with Crippen molar-refractivity contribution in [3.63, 3.8) is 0 Å². The van der Waals surface area contributed by atoms with E-state index in [1.54, 1.807) is 0 Å². The number of aromatic nitrogens is 1. The smallest absolute Gasteiger partial charge is 0.304 e. The van der Waals surface area contributed by atoms with Crippen molar-refractivity contribution < 1.29 is 9.90 Å². The fourth-order valence-corrected chi connectivity index (χ4v) is 2.78. The number of aliphatic carboxylic acids is 1. The number of rotatable bonds is 4. The Morgan fingerprint density at radius 2 is 2.11 bits per heavy atom. The lowest BCUT2D eigenvalue weighted by molar-refractivity contribution is -0.137. The molecule has 0 radical (unpaired) electrons. The van der Waals surface area contributed by atoms with Gasteiger partial charge in [-0.25, -0.2) is 4.98 Å². The zero-order chi connectivity index (χ0) is 14.0. The number of nitrogens with zero attached hydrogens (tertiary/aromatic N) is 1. The van der Waals surface area contributed by atoms with Crippen molar-refractivity contribution in [3.05, 3.63) is 39.7 Å². The van der Waals surface area contributed by atoms with Crippen LogP contribution in [0.1, 0.15) is 35.4 Å². The molecule has 2 aromatic rings. The van der Waals surface area contributed by atoms with Gasteiger partial charge in [-0.05, 0) is 31.0 Å². The van der Waals surface area contributed by atoms with E-state index in [-0.39, 0.29) is 12.3 Å². The highest BCUT2D eigenvalue weighted by Crippen LogP contribution is 2.28. The summed E-state index contributed by atoms with van der Waals surface area (Å²) in [6.45, 7) is 6.07. The zero-order valence-electron chi connectivity index (χ0n) is 11.3. The van der Waals surface area contributed by atoms with E-state index in [1.165, 1.54) is 22.5 Å². The molecule has 2 rings (SSSR count). The largest absolute Gasteiger partial charge is 0.481 e. The normalized spacial score (nSPS) is 12.4. The molecule has 0 fully saturated rings. The average Bonchev–Trinajstić information content (AvgIpc) is 2.81. The van der Waals surface area contributed by atoms with E-state index in [9.17, 15) is 4.79 Å². The summed E-state index contributed by atoms with van der Waals surface area (Å²) < 4.78 is 0. The Morgan fingerprint density at radius 3 is 2.74 bits per heavy atom. The molecule has 0 saturated carbocycles. The molecule has 1 unspecified atom stereocenters. The second-order valence-corrected chi connectivity index (χ2v) is 5.76. The van der Waals surface area contributed by atoms with Gasteiger partial charge in [-0.15, -0.1) is 11.3 Å². The molecule has 1 heterocycles. The third-order valence-electron chi connectivity index (χ3n) is 3.23. The summed E-state index contributed by atoms with van der Waals surface area (Å²) >= 11 is 1.53. The predicted molar refractivity (Wildman–Crippen MR) is 77.7 cm³/mol. The quantitative estimate of drug-likeness (QED) is 0.917. The van der Waals surface area contributed by atoms with Gasteiger partial charge in [-0.1, -0.05) is 19.1 Å². The highest BCUT2D eigenvalue weighted by atomic mass is 32.1. The summed E-state index contributed by atoms with van der Waals surface area (Å²) in [5.41, 5.74) is 4.53. The summed E-state index contributed by atoms with van der Waals surface area (Å²) in [5, 5.41) is 11.7. The van der Waals surface area contributed by atoms with Crippen LogP contribution in [0.5, 0.6) is 0 Å². The van der Waals surface area contributed by atoms with Crippen LogP contribution >= 0.6 is 11.3 Å². The van der Waals surface area contributed by atoms with Gasteiger partial charge in [0.2, 0.25) is 0 Å². The molecule has 4 heteroatoms. The van der Waals surface area contributed by atoms with Crippen LogP contribution in [0.25, 0.3) is 11.3 Å². The van der Waals surface area contributed by atoms with Crippen LogP contribution in [-0.4, -0.2) is 16.1 Å². The Morgan fingerprint density at radius 1 is 1.37 bits per heavy atom. The van der Waals surface area contributed by atoms with Crippen LogP contribution in [-0.2, 0) is 4.79 Å². The SMILES string of the molecule is Cc1ccc(-c2csc(C(C)CC(=O)O)n2)cc1C. The number of benzene rings is 1. The minimum Gasteiger partial charge on any atom is -0.481 e. The molecule has 3 nitrogen and oxygen atoms in total. The first kappa shape index (κ1) is 13.7. The molecular weight excluding hydrogens is 258 g/mol. The molecule has 1 aromatic carbocycles. The second-order valence-electron chi connectivity index (χ2n) is 4.87. The van der Waals surface area contributed by atoms with E-state index < -0.39 is 5.97 Å². The molecule has 100 valence electrons. The van der Waals surface area contributed by atoms with Gasteiger partial charge < -0.3 is 5.11 Å². The summed E-state index contributed by atoms with van der Waals surface area (Å²) in [6, 6.07) is 6.27. The van der Waals surface area contributed by atoms with Crippen LogP contribution < -0.4 is 0 Å². The number of carboxylic acid groups (broad SMARTS) is 1. The second kappa shape index (κ2) is 5.53. The van der Waals surface area contributed by atoms with Crippen molar-refractivity contribution in [2.24, 2.45) is 0 Å². The van der Waals surface area contributed by atoms with E-state index >= 15 is 0 Å². The number of carboxylic acids is 1. The predicted octanol–water partition coefficient (Wildman–Crippen LogP) is 4.01. The van der Waals surface area contributed by atoms with Gasteiger partial charge in [-0.2, -0.15) is 0 Å². The lowest BCUT2D eigenvalue weighted by atomic mass is 10.0. The van der Waals surface area contributed by atoms with Crippen LogP contribution in [0.3, 0.4) is 0 Å². The fraction of sp³-hybridized carbons (Fsp3) is 0.333. The molecule has 0 aliphatic heterocycles. The highest BCUT2D eigenvalue weighted by molar-refractivity contribution is 7.10. The molecule has 1 N–H and O–H groups in total. The minimum absolute atomic E-state index is 0.0391. The highest BCUT2D eigenvalue weighted by Gasteiger charge is 2.14. The van der Waals surface area contributed by atoms with Gasteiger partial charge in [0.05, 0.1) is 17.1 Å². The van der Waals surface area contributed by atoms with Crippen molar-refractivity contribution in [2.75, 3.05) is 0 Å². The van der Waals surface area contributed by atoms with Gasteiger partial charge >= 0.3 is 5.97 Å². The maximum Gasteiger partial charge on any atom is 0.304 e. The van der Waals surface area contributed by atoms with Crippen LogP contribution in [0.2, 0.25) is 0 Å². The Labute approximate surface area is 116 Å². The summed E-state index contributed by atoms with van der Waals surface area (Å²) in [6.07, 6.45) is 0.125. The molecular formula is C15H17NO2S. The molecule has 0 aliphatic carbocycles. The maximum absolute atomic E-state index is 10.7. The first-order chi connectivity index (χ1) is 8.97. The van der Waals surface area contributed by atoms with Crippen molar-refractivity contribution in [3.8, 4) is 11.3 Å². The summed E-state index contributed by atoms with van der Waals surface area (Å²) in [4.78, 5) is 15.3. The van der Waals surface area contributed by atoms with Crippen molar-refractivity contribution in [1.29, 1.82) is 0 Å². The van der Waals surface area contributed by atoms with Gasteiger partial charge in [0.25, 0.3) is 0 Å². The standard InChI is InChI=1S/C15H17NO2S/c1-9-4-5-12(6-10(9)2)13-8-19-15(16-13)11(3)7-14(17)18/h4-6,8,11H,7H2,1-3H3,(H,17,18). The monoisotopic (exact) mass is 275 g/mol. The van der Waals surface area contributed by atoms with Crippen LogP contribution in [0, 0.1) is 13.8 Å². The van der Waals surface area contributed by atoms with E-state index in [4.69, 9.17) is 5.11 Å². The van der Waals surface area contributed by atoms with Crippen molar-refractivity contribution in [1.82, 2.24) is 4.98 Å². The van der Waals surface area contributed by atoms with Gasteiger partial charge in [0, 0.05) is 16.9 Å². The number of hydrogen-bond acceptors (Lipinski definition) is 3. The molecule has 0 bridgehead atoms. The minimum atomic E-state index is -0.782. The molecule has 0 spiro atoms. The van der Waals surface area contributed by atoms with Gasteiger partial charge in [0.15, 0.2) is 0 Å². The molecule has 1 atom stereocenters. The van der Waals surface area contributed by atoms with Crippen LogP contribution in [0.15, 0.2) is 23.6 Å². The number of thiazole rings is 1. The molecule has 0 aliphatic rings. The zero-order valence-corrected chi connectivity index (χ0v) is 12.1. The summed E-state index contributed by atoms with van der Waals surface area (Å²) in [7, 11) is 0. The van der Waals surface area contributed by atoms with Gasteiger partial charge in [0.1, 0.15) is 0 Å². The number of aryl methyl sites for hydroxylation is 2. The molecule has 0 amide bonds. The van der Waals surface area contributed by atoms with Crippen molar-refractivity contribution >= 4 is 17.3 Å². The van der Waals surface area contributed by atoms with Gasteiger partial charge in [-0.3, -0.25) is 4.79 Å². The first-order valence-electron chi connectivity index (χ1n) is 6.22. The van der Waals surface area contributed by atoms with Crippen LogP contribution in [0.4, 0.5) is 0 Å². The first-order valence-corrected chi connectivity index (χ1v) is 7.10. The number of hydrogen-bond donors (Lipinski definition) is 1. The lowest BCUT2D eigenvalue weighted by Gasteiger charge is -2.04. The maximum atomic E-state index is 10.7. The topological polar surface area (TPSA) is 50.2 Å². The van der Waals surface area contributed by atoms with E-state index in [2.05, 4.69) is 37.0 Å². The lowest BCUT2D eigenvalue weighted by Crippen LogP contribution is -2.02. The molecule has 19 heavy (non-hydrogen) atoms. The third-order valence-corrected chi connectivity index (χ3v) is 4.30. The summed E-state index contributed by atoms with van der Waals surface area (Å²) in [5.74, 6) is -0.821. The fourth-order valence-electron chi connectivity index (χ4n) is 1.90. The Hall–Kier alpha value is -1.68. The van der Waals surface area contributed by atoms with Crippen molar-refractivity contribution in [2.45, 2.75) is 33.1 Å². The molecule has 1 aromatic heterocycles. The van der Waals surface area contributed by atoms with E-state index in [0.717, 1.165) is 16.3 Å². The third kappa shape index (κ3) is 3.20. The molecule has 0 saturated heterocycles. The Kier molecular flexibility index (Phi) is 4.00. The Bertz CT molecular complexity index is 604. The average molecular weight is 275 g/mol. The van der Waals surface area contributed by atoms with E-state index in [0.29, 0.717) is 0 Å². The Balaban J connectivity index is 2.25.